The van der Waals surface area contributed by atoms with Crippen LogP contribution in [0.4, 0.5) is 0 Å². The van der Waals surface area contributed by atoms with Crippen molar-refractivity contribution in [1.82, 2.24) is 9.97 Å². The summed E-state index contributed by atoms with van der Waals surface area (Å²) in [4.78, 5) is 20.5. The maximum absolute atomic E-state index is 11.7. The molecule has 2 heterocycles. The van der Waals surface area contributed by atoms with E-state index >= 15 is 0 Å². The van der Waals surface area contributed by atoms with Gasteiger partial charge in [0.1, 0.15) is 5.69 Å². The predicted molar refractivity (Wildman–Crippen MR) is 112 cm³/mol. The molecule has 4 aromatic rings. The monoisotopic (exact) mass is 424 g/mol. The van der Waals surface area contributed by atoms with Crippen LogP contribution in [0.5, 0.6) is 0 Å². The van der Waals surface area contributed by atoms with Crippen LogP contribution >= 0.6 is 23.2 Å². The summed E-state index contributed by atoms with van der Waals surface area (Å²) in [7, 11) is 1.34. The van der Waals surface area contributed by atoms with Crippen molar-refractivity contribution in [3.8, 4) is 34.0 Å². The van der Waals surface area contributed by atoms with E-state index in [2.05, 4.69) is 9.97 Å². The van der Waals surface area contributed by atoms with Crippen LogP contribution in [0, 0.1) is 0 Å². The van der Waals surface area contributed by atoms with Gasteiger partial charge in [-0.05, 0) is 42.5 Å². The van der Waals surface area contributed by atoms with E-state index in [1.807, 2.05) is 18.2 Å². The molecule has 0 amide bonds. The van der Waals surface area contributed by atoms with Gasteiger partial charge in [-0.15, -0.1) is 0 Å². The maximum Gasteiger partial charge on any atom is 0.337 e. The first-order chi connectivity index (χ1) is 14.1. The minimum Gasteiger partial charge on any atom is -0.465 e. The van der Waals surface area contributed by atoms with Gasteiger partial charge >= 0.3 is 5.97 Å². The zero-order chi connectivity index (χ0) is 20.4. The average molecular weight is 425 g/mol. The molecule has 2 aromatic carbocycles. The molecule has 5 nitrogen and oxygen atoms in total. The van der Waals surface area contributed by atoms with Crippen LogP contribution in [0.15, 0.2) is 71.4 Å². The Kier molecular flexibility index (Phi) is 5.34. The molecular formula is C22H14Cl2N2O3. The number of methoxy groups -OCH3 is 1. The molecule has 4 rings (SSSR count). The fourth-order valence-corrected chi connectivity index (χ4v) is 3.14. The number of carbonyl (C=O) groups is 1. The Morgan fingerprint density at radius 3 is 2.38 bits per heavy atom. The van der Waals surface area contributed by atoms with Crippen molar-refractivity contribution in [3.63, 3.8) is 0 Å². The second kappa shape index (κ2) is 8.07. The summed E-state index contributed by atoms with van der Waals surface area (Å²) in [5, 5.41) is 0.863. The molecule has 0 radical (unpaired) electrons. The molecule has 29 heavy (non-hydrogen) atoms. The van der Waals surface area contributed by atoms with Gasteiger partial charge < -0.3 is 9.15 Å². The molecule has 0 saturated heterocycles. The number of hydrogen-bond donors (Lipinski definition) is 0. The third-order valence-corrected chi connectivity index (χ3v) is 5.04. The first-order valence-electron chi connectivity index (χ1n) is 8.62. The Morgan fingerprint density at radius 2 is 1.72 bits per heavy atom. The molecule has 0 fully saturated rings. The molecule has 2 aromatic heterocycles. The molecule has 0 bridgehead atoms. The number of esters is 1. The Balaban J connectivity index is 1.86. The molecule has 0 unspecified atom stereocenters. The Hall–Kier alpha value is -3.15. The zero-order valence-electron chi connectivity index (χ0n) is 15.2. The minimum absolute atomic E-state index is 0.405. The Labute approximate surface area is 176 Å². The summed E-state index contributed by atoms with van der Waals surface area (Å²) in [6.45, 7) is 0. The lowest BCUT2D eigenvalue weighted by atomic mass is 10.0. The van der Waals surface area contributed by atoms with Crippen molar-refractivity contribution in [2.75, 3.05) is 7.11 Å². The second-order valence-corrected chi connectivity index (χ2v) is 6.95. The van der Waals surface area contributed by atoms with Crippen molar-refractivity contribution in [1.29, 1.82) is 0 Å². The van der Waals surface area contributed by atoms with Gasteiger partial charge in [-0.1, -0.05) is 35.3 Å². The third-order valence-electron chi connectivity index (χ3n) is 4.30. The zero-order valence-corrected chi connectivity index (χ0v) is 16.7. The van der Waals surface area contributed by atoms with E-state index in [0.717, 1.165) is 16.7 Å². The van der Waals surface area contributed by atoms with E-state index < -0.39 is 5.97 Å². The average Bonchev–Trinajstić information content (AvgIpc) is 3.21. The molecule has 0 saturated carbocycles. The molecule has 0 aliphatic rings. The van der Waals surface area contributed by atoms with Gasteiger partial charge in [0.2, 0.25) is 5.89 Å². The van der Waals surface area contributed by atoms with Gasteiger partial charge in [0.05, 0.1) is 28.3 Å². The Morgan fingerprint density at radius 1 is 0.966 bits per heavy atom. The molecule has 0 spiro atoms. The summed E-state index contributed by atoms with van der Waals surface area (Å²) in [5.74, 6) is 0.553. The van der Waals surface area contributed by atoms with Crippen molar-refractivity contribution in [2.24, 2.45) is 0 Å². The first kappa shape index (κ1) is 19.2. The quantitative estimate of drug-likeness (QED) is 0.366. The fourth-order valence-electron chi connectivity index (χ4n) is 2.84. The highest BCUT2D eigenvalue weighted by molar-refractivity contribution is 6.42. The van der Waals surface area contributed by atoms with Gasteiger partial charge in [-0.2, -0.15) is 0 Å². The van der Waals surface area contributed by atoms with Crippen LogP contribution in [-0.4, -0.2) is 23.0 Å². The molecular weight excluding hydrogens is 411 g/mol. The van der Waals surface area contributed by atoms with E-state index in [1.165, 1.54) is 7.11 Å². The minimum atomic E-state index is -0.405. The van der Waals surface area contributed by atoms with Crippen molar-refractivity contribution in [2.45, 2.75) is 0 Å². The van der Waals surface area contributed by atoms with Crippen LogP contribution in [0.25, 0.3) is 34.0 Å². The number of ether oxygens (including phenoxy) is 1. The molecule has 0 atom stereocenters. The number of oxazole rings is 1. The van der Waals surface area contributed by atoms with Crippen LogP contribution < -0.4 is 0 Å². The van der Waals surface area contributed by atoms with Gasteiger partial charge in [0.15, 0.2) is 5.76 Å². The summed E-state index contributed by atoms with van der Waals surface area (Å²) >= 11 is 12.3. The van der Waals surface area contributed by atoms with Gasteiger partial charge in [0, 0.05) is 23.5 Å². The van der Waals surface area contributed by atoms with Crippen LogP contribution in [-0.2, 0) is 4.74 Å². The van der Waals surface area contributed by atoms with Crippen molar-refractivity contribution >= 4 is 29.2 Å². The molecule has 0 aliphatic heterocycles. The smallest absolute Gasteiger partial charge is 0.337 e. The van der Waals surface area contributed by atoms with Crippen LogP contribution in [0.1, 0.15) is 10.4 Å². The maximum atomic E-state index is 11.7. The summed E-state index contributed by atoms with van der Waals surface area (Å²) in [6, 6.07) is 15.9. The highest BCUT2D eigenvalue weighted by atomic mass is 35.5. The fraction of sp³-hybridized carbons (Fsp3) is 0.0455. The lowest BCUT2D eigenvalue weighted by Crippen LogP contribution is -2.00. The van der Waals surface area contributed by atoms with E-state index in [0.29, 0.717) is 33.0 Å². The summed E-state index contributed by atoms with van der Waals surface area (Å²) in [5.41, 5.74) is 3.31. The van der Waals surface area contributed by atoms with Crippen molar-refractivity contribution < 1.29 is 13.9 Å². The van der Waals surface area contributed by atoms with Crippen molar-refractivity contribution in [3.05, 3.63) is 82.6 Å². The Bertz CT molecular complexity index is 1170. The standard InChI is InChI=1S/C22H14Cl2N2O3/c1-28-22(27)14-6-4-13(5-7-14)19-20(15-8-9-17(23)18(24)11-15)29-21(26-19)16-3-2-10-25-12-16/h2-12H,1H3. The number of rotatable bonds is 4. The lowest BCUT2D eigenvalue weighted by Gasteiger charge is -2.04. The highest BCUT2D eigenvalue weighted by Gasteiger charge is 2.19. The van der Waals surface area contributed by atoms with Crippen LogP contribution in [0.2, 0.25) is 10.0 Å². The number of nitrogens with zero attached hydrogens (tertiary/aromatic N) is 2. The number of hydrogen-bond acceptors (Lipinski definition) is 5. The summed E-state index contributed by atoms with van der Waals surface area (Å²) in [6.07, 6.45) is 3.35. The highest BCUT2D eigenvalue weighted by Crippen LogP contribution is 2.38. The second-order valence-electron chi connectivity index (χ2n) is 6.14. The number of halogens is 2. The van der Waals surface area contributed by atoms with E-state index in [9.17, 15) is 4.79 Å². The number of carbonyl (C=O) groups excluding carboxylic acids is 1. The summed E-state index contributed by atoms with van der Waals surface area (Å²) < 4.78 is 10.8. The topological polar surface area (TPSA) is 65.2 Å². The van der Waals surface area contributed by atoms with E-state index in [1.54, 1.807) is 48.8 Å². The third kappa shape index (κ3) is 3.88. The van der Waals surface area contributed by atoms with Crippen LogP contribution in [0.3, 0.4) is 0 Å². The molecule has 0 aliphatic carbocycles. The molecule has 7 heteroatoms. The number of benzene rings is 2. The molecule has 144 valence electrons. The van der Waals surface area contributed by atoms with Gasteiger partial charge in [-0.25, -0.2) is 9.78 Å². The predicted octanol–water partition coefficient (Wildman–Crippen LogP) is 6.16. The lowest BCUT2D eigenvalue weighted by molar-refractivity contribution is 0.0601. The number of pyridine rings is 1. The SMILES string of the molecule is COC(=O)c1ccc(-c2nc(-c3cccnc3)oc2-c2ccc(Cl)c(Cl)c2)cc1. The first-order valence-corrected chi connectivity index (χ1v) is 9.38. The van der Waals surface area contributed by atoms with E-state index in [4.69, 9.17) is 32.4 Å². The largest absolute Gasteiger partial charge is 0.465 e. The normalized spacial score (nSPS) is 10.7. The molecule has 0 N–H and O–H groups in total. The van der Waals surface area contributed by atoms with Gasteiger partial charge in [-0.3, -0.25) is 4.98 Å². The van der Waals surface area contributed by atoms with E-state index in [-0.39, 0.29) is 0 Å². The number of aromatic nitrogens is 2. The van der Waals surface area contributed by atoms with Gasteiger partial charge in [0.25, 0.3) is 0 Å².